The van der Waals surface area contributed by atoms with Crippen LogP contribution < -0.4 is 10.9 Å². The first-order valence-corrected chi connectivity index (χ1v) is 15.1. The van der Waals surface area contributed by atoms with E-state index in [1.807, 2.05) is 19.1 Å². The van der Waals surface area contributed by atoms with Gasteiger partial charge in [-0.05, 0) is 43.2 Å². The Bertz CT molecular complexity index is 1940. The molecule has 1 amide bonds. The van der Waals surface area contributed by atoms with Crippen molar-refractivity contribution in [2.45, 2.75) is 38.8 Å². The van der Waals surface area contributed by atoms with Crippen molar-refractivity contribution in [1.29, 1.82) is 0 Å². The molecule has 5 heterocycles. The number of nitrogens with zero attached hydrogens (tertiary/aromatic N) is 7. The van der Waals surface area contributed by atoms with Crippen LogP contribution in [0.3, 0.4) is 0 Å². The molecule has 2 bridgehead atoms. The number of carbonyl (C=O) groups is 1. The van der Waals surface area contributed by atoms with Crippen molar-refractivity contribution in [1.82, 2.24) is 34.3 Å². The molecule has 5 aromatic rings. The number of nitrogens with one attached hydrogen (secondary N) is 1. The van der Waals surface area contributed by atoms with Gasteiger partial charge in [0.2, 0.25) is 5.91 Å². The van der Waals surface area contributed by atoms with Crippen LogP contribution in [-0.4, -0.2) is 53.9 Å². The minimum atomic E-state index is -0.640. The molecule has 6 rings (SSSR count). The normalized spacial score (nSPS) is 16.9. The SMILES string of the molecule is COCCn1ncc2c1-c1ccnc(c1)C(n1cc(F)c(-c3cc(Cl)ccc3-n3cc(Cl)nn3)cc1=O)CCCC(C)C(=O)N2. The molecule has 0 saturated heterocycles. The predicted octanol–water partition coefficient (Wildman–Crippen LogP) is 5.79. The van der Waals surface area contributed by atoms with Gasteiger partial charge >= 0.3 is 0 Å². The Morgan fingerprint density at radius 2 is 1.93 bits per heavy atom. The van der Waals surface area contributed by atoms with Crippen molar-refractivity contribution in [3.8, 4) is 28.1 Å². The molecule has 2 atom stereocenters. The van der Waals surface area contributed by atoms with Gasteiger partial charge in [-0.2, -0.15) is 5.10 Å². The molecule has 1 aliphatic rings. The molecule has 1 N–H and O–H groups in total. The molecular weight excluding hydrogens is 622 g/mol. The van der Waals surface area contributed by atoms with Crippen molar-refractivity contribution in [2.24, 2.45) is 5.92 Å². The van der Waals surface area contributed by atoms with E-state index < -0.39 is 17.4 Å². The van der Waals surface area contributed by atoms with Crippen LogP contribution in [0.25, 0.3) is 28.1 Å². The molecule has 11 nitrogen and oxygen atoms in total. The van der Waals surface area contributed by atoms with Gasteiger partial charge in [0.15, 0.2) is 5.15 Å². The zero-order valence-corrected chi connectivity index (χ0v) is 26.0. The highest BCUT2D eigenvalue weighted by atomic mass is 35.5. The number of aromatic nitrogens is 7. The third-order valence-electron chi connectivity index (χ3n) is 7.89. The number of carbonyl (C=O) groups excluding carboxylic acids is 1. The molecule has 232 valence electrons. The third kappa shape index (κ3) is 6.26. The predicted molar refractivity (Wildman–Crippen MR) is 168 cm³/mol. The molecule has 45 heavy (non-hydrogen) atoms. The first kappa shape index (κ1) is 30.6. The van der Waals surface area contributed by atoms with E-state index in [1.54, 1.807) is 42.4 Å². The second-order valence-electron chi connectivity index (χ2n) is 10.9. The lowest BCUT2D eigenvalue weighted by atomic mass is 9.96. The Hall–Kier alpha value is -4.39. The molecule has 4 aromatic heterocycles. The van der Waals surface area contributed by atoms with E-state index in [4.69, 9.17) is 27.9 Å². The van der Waals surface area contributed by atoms with Gasteiger partial charge in [0.25, 0.3) is 5.56 Å². The van der Waals surface area contributed by atoms with Crippen LogP contribution in [0.5, 0.6) is 0 Å². The number of halogens is 3. The van der Waals surface area contributed by atoms with Crippen LogP contribution in [0.15, 0.2) is 66.0 Å². The van der Waals surface area contributed by atoms with Crippen LogP contribution in [-0.2, 0) is 16.1 Å². The molecule has 0 spiro atoms. The van der Waals surface area contributed by atoms with Gasteiger partial charge in [0, 0.05) is 53.2 Å². The lowest BCUT2D eigenvalue weighted by molar-refractivity contribution is -0.119. The summed E-state index contributed by atoms with van der Waals surface area (Å²) in [6.45, 7) is 2.73. The Labute approximate surface area is 267 Å². The standard InChI is InChI=1S/C31H29Cl2FN8O3/c1-18-4-3-5-27(24-12-19(8-9-35-24)30-25(37-31(18)44)15-36-41(30)10-11-45-2)40-16-23(34)21(14-29(40)43)22-13-20(32)6-7-26(22)42-17-28(33)38-39-42/h6-9,12-18,27H,3-5,10-11H2,1-2H3,(H,37,44). The first-order valence-electron chi connectivity index (χ1n) is 14.3. The van der Waals surface area contributed by atoms with Crippen LogP contribution in [0.2, 0.25) is 10.2 Å². The molecular formula is C31H29Cl2FN8O3. The number of hydrogen-bond donors (Lipinski definition) is 1. The van der Waals surface area contributed by atoms with E-state index in [0.717, 1.165) is 5.56 Å². The number of benzene rings is 1. The lowest BCUT2D eigenvalue weighted by Gasteiger charge is -2.23. The van der Waals surface area contributed by atoms with Crippen LogP contribution in [0, 0.1) is 11.7 Å². The average Bonchev–Trinajstić information content (AvgIpc) is 3.64. The number of rotatable bonds is 6. The summed E-state index contributed by atoms with van der Waals surface area (Å²) in [5.74, 6) is -1.08. The van der Waals surface area contributed by atoms with Crippen LogP contribution >= 0.6 is 23.2 Å². The molecule has 0 saturated carbocycles. The highest BCUT2D eigenvalue weighted by Crippen LogP contribution is 2.35. The summed E-state index contributed by atoms with van der Waals surface area (Å²) in [5.41, 5.74) is 2.98. The van der Waals surface area contributed by atoms with Gasteiger partial charge < -0.3 is 14.6 Å². The van der Waals surface area contributed by atoms with E-state index in [1.165, 1.54) is 27.7 Å². The topological polar surface area (TPSA) is 122 Å². The maximum Gasteiger partial charge on any atom is 0.251 e. The molecule has 14 heteroatoms. The summed E-state index contributed by atoms with van der Waals surface area (Å²) in [7, 11) is 1.61. The van der Waals surface area contributed by atoms with E-state index in [2.05, 4.69) is 25.7 Å². The second-order valence-corrected chi connectivity index (χ2v) is 11.7. The molecule has 1 aliphatic heterocycles. The first-order chi connectivity index (χ1) is 21.7. The zero-order valence-electron chi connectivity index (χ0n) is 24.5. The van der Waals surface area contributed by atoms with Gasteiger partial charge in [-0.15, -0.1) is 5.10 Å². The largest absolute Gasteiger partial charge is 0.383 e. The number of fused-ring (bicyclic) bond motifs is 4. The van der Waals surface area contributed by atoms with Crippen molar-refractivity contribution in [3.05, 3.63) is 93.2 Å². The van der Waals surface area contributed by atoms with E-state index >= 15 is 4.39 Å². The maximum atomic E-state index is 16.1. The number of pyridine rings is 2. The minimum Gasteiger partial charge on any atom is -0.383 e. The molecule has 2 unspecified atom stereocenters. The lowest BCUT2D eigenvalue weighted by Crippen LogP contribution is -2.27. The maximum absolute atomic E-state index is 16.1. The highest BCUT2D eigenvalue weighted by Gasteiger charge is 2.25. The van der Waals surface area contributed by atoms with Crippen molar-refractivity contribution in [2.75, 3.05) is 19.0 Å². The minimum absolute atomic E-state index is 0.0483. The molecule has 0 fully saturated rings. The van der Waals surface area contributed by atoms with Gasteiger partial charge in [0.05, 0.1) is 54.3 Å². The number of methoxy groups -OCH3 is 1. The van der Waals surface area contributed by atoms with E-state index in [-0.39, 0.29) is 22.5 Å². The number of hydrogen-bond acceptors (Lipinski definition) is 7. The smallest absolute Gasteiger partial charge is 0.251 e. The number of amides is 1. The van der Waals surface area contributed by atoms with Crippen molar-refractivity contribution >= 4 is 34.8 Å². The van der Waals surface area contributed by atoms with Crippen LogP contribution in [0.4, 0.5) is 10.1 Å². The fourth-order valence-corrected chi connectivity index (χ4v) is 5.90. The molecule has 0 aliphatic carbocycles. The van der Waals surface area contributed by atoms with Gasteiger partial charge in [-0.1, -0.05) is 41.8 Å². The number of ether oxygens (including phenoxy) is 1. The molecule has 1 aromatic carbocycles. The molecule has 0 radical (unpaired) electrons. The Kier molecular flexibility index (Phi) is 8.79. The van der Waals surface area contributed by atoms with Gasteiger partial charge in [-0.25, -0.2) is 9.07 Å². The summed E-state index contributed by atoms with van der Waals surface area (Å²) < 4.78 is 25.9. The Balaban J connectivity index is 1.46. The fraction of sp³-hybridized carbons (Fsp3) is 0.290. The Morgan fingerprint density at radius 3 is 2.71 bits per heavy atom. The Morgan fingerprint density at radius 1 is 1.09 bits per heavy atom. The summed E-state index contributed by atoms with van der Waals surface area (Å²) in [6, 6.07) is 9.15. The average molecular weight is 652 g/mol. The zero-order chi connectivity index (χ0) is 31.7. The van der Waals surface area contributed by atoms with Gasteiger partial charge in [0.1, 0.15) is 5.82 Å². The highest BCUT2D eigenvalue weighted by molar-refractivity contribution is 6.31. The fourth-order valence-electron chi connectivity index (χ4n) is 5.60. The summed E-state index contributed by atoms with van der Waals surface area (Å²) in [4.78, 5) is 31.5. The summed E-state index contributed by atoms with van der Waals surface area (Å²) >= 11 is 12.3. The monoisotopic (exact) mass is 650 g/mol. The van der Waals surface area contributed by atoms with Crippen molar-refractivity contribution in [3.63, 3.8) is 0 Å². The van der Waals surface area contributed by atoms with Gasteiger partial charge in [-0.3, -0.25) is 19.3 Å². The second kappa shape index (κ2) is 12.9. The van der Waals surface area contributed by atoms with E-state index in [9.17, 15) is 9.59 Å². The van der Waals surface area contributed by atoms with Crippen molar-refractivity contribution < 1.29 is 13.9 Å². The third-order valence-corrected chi connectivity index (χ3v) is 8.30. The van der Waals surface area contributed by atoms with Crippen LogP contribution in [0.1, 0.15) is 37.9 Å². The summed E-state index contributed by atoms with van der Waals surface area (Å²) in [6.07, 6.45) is 7.53. The van der Waals surface area contributed by atoms with E-state index in [0.29, 0.717) is 65.8 Å². The quantitative estimate of drug-likeness (QED) is 0.247. The number of anilines is 1. The summed E-state index contributed by atoms with van der Waals surface area (Å²) in [5, 5.41) is 15.8.